The van der Waals surface area contributed by atoms with Gasteiger partial charge in [-0.2, -0.15) is 0 Å². The Labute approximate surface area is 129 Å². The number of carboxylic acids is 1. The molecule has 130 valence electrons. The van der Waals surface area contributed by atoms with Gasteiger partial charge in [-0.25, -0.2) is 4.79 Å². The summed E-state index contributed by atoms with van der Waals surface area (Å²) in [6, 6.07) is -1.29. The lowest BCUT2D eigenvalue weighted by molar-refractivity contribution is -0.227. The van der Waals surface area contributed by atoms with Crippen molar-refractivity contribution in [3.63, 3.8) is 0 Å². The van der Waals surface area contributed by atoms with Crippen molar-refractivity contribution in [3.05, 3.63) is 10.4 Å². The zero-order valence-electron chi connectivity index (χ0n) is 12.1. The predicted octanol–water partition coefficient (Wildman–Crippen LogP) is -2.55. The molecule has 1 aliphatic heterocycles. The Bertz CT molecular complexity index is 506. The maximum absolute atomic E-state index is 11.4. The van der Waals surface area contributed by atoms with Gasteiger partial charge >= 0.3 is 5.97 Å². The third-order valence-electron chi connectivity index (χ3n) is 3.41. The lowest BCUT2D eigenvalue weighted by Gasteiger charge is -2.45. The maximum atomic E-state index is 11.4. The highest BCUT2D eigenvalue weighted by molar-refractivity contribution is 5.78. The van der Waals surface area contributed by atoms with Crippen LogP contribution in [0.25, 0.3) is 10.4 Å². The van der Waals surface area contributed by atoms with Crippen LogP contribution >= 0.6 is 0 Å². The summed E-state index contributed by atoms with van der Waals surface area (Å²) in [7, 11) is 0. The van der Waals surface area contributed by atoms with Crippen molar-refractivity contribution in [3.8, 4) is 0 Å². The van der Waals surface area contributed by atoms with Crippen LogP contribution in [0.2, 0.25) is 0 Å². The van der Waals surface area contributed by atoms with Crippen LogP contribution in [0.3, 0.4) is 0 Å². The van der Waals surface area contributed by atoms with Crippen LogP contribution in [-0.4, -0.2) is 80.2 Å². The van der Waals surface area contributed by atoms with Crippen molar-refractivity contribution < 1.29 is 39.9 Å². The predicted molar refractivity (Wildman–Crippen MR) is 71.7 cm³/mol. The van der Waals surface area contributed by atoms with E-state index in [1.54, 1.807) is 0 Å². The highest BCUT2D eigenvalue weighted by Gasteiger charge is 2.54. The van der Waals surface area contributed by atoms with Crippen LogP contribution in [-0.2, 0) is 14.3 Å². The van der Waals surface area contributed by atoms with Gasteiger partial charge in [0.05, 0.1) is 18.8 Å². The number of hydrogen-bond acceptors (Lipinski definition) is 8. The highest BCUT2D eigenvalue weighted by Crippen LogP contribution is 2.33. The van der Waals surface area contributed by atoms with E-state index in [0.717, 1.165) is 6.92 Å². The molecule has 1 rings (SSSR count). The van der Waals surface area contributed by atoms with E-state index in [4.69, 9.17) is 15.4 Å². The number of nitrogens with one attached hydrogen (secondary N) is 1. The third-order valence-corrected chi connectivity index (χ3v) is 3.41. The smallest absolute Gasteiger partial charge is 0.342 e. The fraction of sp³-hybridized carbons (Fsp3) is 0.818. The second-order valence-electron chi connectivity index (χ2n) is 5.10. The topological polar surface area (TPSA) is 205 Å². The maximum Gasteiger partial charge on any atom is 0.342 e. The van der Waals surface area contributed by atoms with Crippen molar-refractivity contribution in [2.45, 2.75) is 49.5 Å². The number of aliphatic hydroxyl groups is 4. The minimum Gasteiger partial charge on any atom is -0.479 e. The van der Waals surface area contributed by atoms with Crippen molar-refractivity contribution in [2.24, 2.45) is 5.11 Å². The SMILES string of the molecule is CC(=O)N[C@H]1[C@H]([C@H](O)[C@H](O)CO)O[C@](N=[N+]=[N-])(C(=O)O)C[C@@H]1O. The molecule has 1 heterocycles. The van der Waals surface area contributed by atoms with Crippen LogP contribution < -0.4 is 5.32 Å². The highest BCUT2D eigenvalue weighted by atomic mass is 16.6. The molecule has 0 bridgehead atoms. The average molecular weight is 334 g/mol. The Balaban J connectivity index is 3.25. The van der Waals surface area contributed by atoms with E-state index in [9.17, 15) is 30.0 Å². The van der Waals surface area contributed by atoms with Gasteiger partial charge in [0.1, 0.15) is 18.3 Å². The summed E-state index contributed by atoms with van der Waals surface area (Å²) in [5.74, 6) is -2.33. The van der Waals surface area contributed by atoms with Crippen molar-refractivity contribution >= 4 is 11.9 Å². The molecule has 0 unspecified atom stereocenters. The monoisotopic (exact) mass is 334 g/mol. The Kier molecular flexibility index (Phi) is 6.27. The lowest BCUT2D eigenvalue weighted by Crippen LogP contribution is -2.66. The number of nitrogens with zero attached hydrogens (tertiary/aromatic N) is 3. The van der Waals surface area contributed by atoms with Crippen LogP contribution in [0.1, 0.15) is 13.3 Å². The standard InChI is InChI=1S/C11H18N4O8/c1-4(17)13-7-5(18)2-11(10(21)22,14-15-12)23-9(7)8(20)6(19)3-16/h5-9,16,18-20H,2-3H2,1H3,(H,13,17)(H,21,22)/t5-,6+,7+,8+,9+,11-/m0/s1. The largest absolute Gasteiger partial charge is 0.479 e. The van der Waals surface area contributed by atoms with Gasteiger partial charge in [0, 0.05) is 18.3 Å². The molecule has 1 saturated heterocycles. The molecule has 1 amide bonds. The number of azide groups is 1. The van der Waals surface area contributed by atoms with Gasteiger partial charge in [0.15, 0.2) is 0 Å². The Morgan fingerprint density at radius 2 is 2.13 bits per heavy atom. The number of aliphatic carboxylic acids is 1. The fourth-order valence-corrected chi connectivity index (χ4v) is 2.32. The van der Waals surface area contributed by atoms with Gasteiger partial charge in [-0.1, -0.05) is 0 Å². The van der Waals surface area contributed by atoms with Crippen molar-refractivity contribution in [1.29, 1.82) is 0 Å². The number of aliphatic hydroxyl groups excluding tert-OH is 4. The molecule has 0 spiro atoms. The van der Waals surface area contributed by atoms with E-state index in [1.807, 2.05) is 0 Å². The summed E-state index contributed by atoms with van der Waals surface area (Å²) in [5, 5.41) is 53.0. The minimum absolute atomic E-state index is 0.611. The van der Waals surface area contributed by atoms with Gasteiger partial charge in [0.25, 0.3) is 0 Å². The lowest BCUT2D eigenvalue weighted by atomic mass is 9.87. The van der Waals surface area contributed by atoms with Gasteiger partial charge in [0.2, 0.25) is 11.6 Å². The van der Waals surface area contributed by atoms with E-state index in [2.05, 4.69) is 15.3 Å². The third kappa shape index (κ3) is 4.07. The number of carboxylic acid groups (broad SMARTS) is 1. The number of ether oxygens (including phenoxy) is 1. The van der Waals surface area contributed by atoms with Crippen LogP contribution in [0.15, 0.2) is 5.11 Å². The second-order valence-corrected chi connectivity index (χ2v) is 5.10. The molecule has 0 radical (unpaired) electrons. The summed E-state index contributed by atoms with van der Waals surface area (Å²) >= 11 is 0. The molecular weight excluding hydrogens is 316 g/mol. The molecule has 12 nitrogen and oxygen atoms in total. The summed E-state index contributed by atoms with van der Waals surface area (Å²) < 4.78 is 5.13. The zero-order valence-corrected chi connectivity index (χ0v) is 12.1. The van der Waals surface area contributed by atoms with E-state index >= 15 is 0 Å². The minimum atomic E-state index is -2.52. The van der Waals surface area contributed by atoms with Gasteiger partial charge in [-0.05, 0) is 10.6 Å². The Morgan fingerprint density at radius 1 is 1.52 bits per heavy atom. The molecule has 1 fully saturated rings. The van der Waals surface area contributed by atoms with Crippen molar-refractivity contribution in [2.75, 3.05) is 6.61 Å². The van der Waals surface area contributed by atoms with Gasteiger partial charge in [-0.15, -0.1) is 0 Å². The van der Waals surface area contributed by atoms with E-state index in [1.165, 1.54) is 0 Å². The molecule has 0 aromatic rings. The van der Waals surface area contributed by atoms with Crippen LogP contribution in [0.4, 0.5) is 0 Å². The zero-order chi connectivity index (χ0) is 17.8. The number of carbonyl (C=O) groups excluding carboxylic acids is 1. The number of amides is 1. The van der Waals surface area contributed by atoms with Gasteiger partial charge < -0.3 is 35.6 Å². The van der Waals surface area contributed by atoms with E-state index < -0.39 is 61.1 Å². The number of carbonyl (C=O) groups is 2. The summed E-state index contributed by atoms with van der Waals surface area (Å²) in [6.45, 7) is 0.233. The normalized spacial score (nSPS) is 33.2. The number of rotatable bonds is 6. The molecule has 23 heavy (non-hydrogen) atoms. The van der Waals surface area contributed by atoms with Crippen molar-refractivity contribution in [1.82, 2.24) is 5.32 Å². The fourth-order valence-electron chi connectivity index (χ4n) is 2.32. The average Bonchev–Trinajstić information content (AvgIpc) is 2.47. The summed E-state index contributed by atoms with van der Waals surface area (Å²) in [5.41, 5.74) is 6.00. The molecule has 6 atom stereocenters. The molecule has 1 aliphatic rings. The number of hydrogen-bond donors (Lipinski definition) is 6. The summed E-state index contributed by atoms with van der Waals surface area (Å²) in [4.78, 5) is 24.9. The first-order chi connectivity index (χ1) is 10.7. The molecule has 12 heteroatoms. The summed E-state index contributed by atoms with van der Waals surface area (Å²) in [6.07, 6.45) is -7.49. The van der Waals surface area contributed by atoms with Crippen LogP contribution in [0.5, 0.6) is 0 Å². The quantitative estimate of drug-likeness (QED) is 0.173. The van der Waals surface area contributed by atoms with Crippen LogP contribution in [0, 0.1) is 0 Å². The van der Waals surface area contributed by atoms with Gasteiger partial charge in [-0.3, -0.25) is 4.79 Å². The molecule has 0 aromatic heterocycles. The Morgan fingerprint density at radius 3 is 2.57 bits per heavy atom. The van der Waals surface area contributed by atoms with E-state index in [0.29, 0.717) is 0 Å². The molecular formula is C11H18N4O8. The molecule has 0 saturated carbocycles. The second kappa shape index (κ2) is 7.55. The molecule has 6 N–H and O–H groups in total. The first-order valence-electron chi connectivity index (χ1n) is 6.58. The van der Waals surface area contributed by atoms with E-state index in [-0.39, 0.29) is 0 Å². The molecule has 0 aliphatic carbocycles. The Hall–Kier alpha value is -1.95. The first kappa shape index (κ1) is 19.1. The molecule has 0 aromatic carbocycles. The first-order valence-corrected chi connectivity index (χ1v) is 6.58.